The molecule has 1 aromatic heterocycles. The standard InChI is InChI=1S/C12H7F3N4O/c13-12(14,15)8-1-2-10(7(5-8)6-16)19-4-3-9(18-19)11(17)20/h1-5H,(H2,17,20). The Labute approximate surface area is 111 Å². The zero-order valence-corrected chi connectivity index (χ0v) is 9.85. The van der Waals surface area contributed by atoms with Crippen molar-refractivity contribution in [3.63, 3.8) is 0 Å². The fourth-order valence-corrected chi connectivity index (χ4v) is 1.59. The summed E-state index contributed by atoms with van der Waals surface area (Å²) < 4.78 is 38.8. The number of aromatic nitrogens is 2. The maximum Gasteiger partial charge on any atom is 0.416 e. The van der Waals surface area contributed by atoms with Crippen molar-refractivity contribution in [1.82, 2.24) is 9.78 Å². The summed E-state index contributed by atoms with van der Waals surface area (Å²) in [6.45, 7) is 0. The predicted octanol–water partition coefficient (Wildman–Crippen LogP) is 1.86. The second-order valence-corrected chi connectivity index (χ2v) is 3.85. The fraction of sp³-hybridized carbons (Fsp3) is 0.0833. The first kappa shape index (κ1) is 13.6. The van der Waals surface area contributed by atoms with Gasteiger partial charge >= 0.3 is 6.18 Å². The summed E-state index contributed by atoms with van der Waals surface area (Å²) in [6, 6.07) is 5.64. The number of nitrogens with zero attached hydrogens (tertiary/aromatic N) is 3. The van der Waals surface area contributed by atoms with Gasteiger partial charge in [-0.3, -0.25) is 4.79 Å². The Morgan fingerprint density at radius 3 is 2.55 bits per heavy atom. The third kappa shape index (κ3) is 2.47. The topological polar surface area (TPSA) is 84.7 Å². The van der Waals surface area contributed by atoms with E-state index in [1.807, 2.05) is 0 Å². The molecule has 0 saturated heterocycles. The quantitative estimate of drug-likeness (QED) is 0.911. The van der Waals surface area contributed by atoms with Crippen molar-refractivity contribution in [1.29, 1.82) is 5.26 Å². The molecule has 0 aliphatic carbocycles. The number of halogens is 3. The van der Waals surface area contributed by atoms with Crippen LogP contribution in [-0.4, -0.2) is 15.7 Å². The normalized spacial score (nSPS) is 11.1. The first-order chi connectivity index (χ1) is 9.32. The van der Waals surface area contributed by atoms with Crippen LogP contribution in [0.5, 0.6) is 0 Å². The van der Waals surface area contributed by atoms with E-state index in [2.05, 4.69) is 5.10 Å². The first-order valence-electron chi connectivity index (χ1n) is 5.30. The molecule has 1 aromatic carbocycles. The number of hydrogen-bond acceptors (Lipinski definition) is 3. The second kappa shape index (κ2) is 4.70. The summed E-state index contributed by atoms with van der Waals surface area (Å²) in [7, 11) is 0. The third-order valence-corrected chi connectivity index (χ3v) is 2.53. The van der Waals surface area contributed by atoms with Gasteiger partial charge in [0.05, 0.1) is 16.8 Å². The minimum Gasteiger partial charge on any atom is -0.364 e. The fourth-order valence-electron chi connectivity index (χ4n) is 1.59. The zero-order chi connectivity index (χ0) is 14.9. The molecule has 1 heterocycles. The van der Waals surface area contributed by atoms with Gasteiger partial charge in [0.2, 0.25) is 0 Å². The molecular formula is C12H7F3N4O. The summed E-state index contributed by atoms with van der Waals surface area (Å²) in [6.07, 6.45) is -3.20. The van der Waals surface area contributed by atoms with Crippen LogP contribution in [0.15, 0.2) is 30.5 Å². The molecule has 5 nitrogen and oxygen atoms in total. The molecule has 0 atom stereocenters. The van der Waals surface area contributed by atoms with E-state index < -0.39 is 17.6 Å². The van der Waals surface area contributed by atoms with Crippen LogP contribution in [-0.2, 0) is 6.18 Å². The molecule has 0 aliphatic rings. The number of benzene rings is 1. The van der Waals surface area contributed by atoms with Gasteiger partial charge in [-0.1, -0.05) is 0 Å². The van der Waals surface area contributed by atoms with Gasteiger partial charge in [0.25, 0.3) is 5.91 Å². The molecule has 0 unspecified atom stereocenters. The Morgan fingerprint density at radius 2 is 2.05 bits per heavy atom. The van der Waals surface area contributed by atoms with Gasteiger partial charge in [-0.15, -0.1) is 0 Å². The van der Waals surface area contributed by atoms with Crippen LogP contribution >= 0.6 is 0 Å². The molecule has 0 aliphatic heterocycles. The third-order valence-electron chi connectivity index (χ3n) is 2.53. The SMILES string of the molecule is N#Cc1cc(C(F)(F)F)ccc1-n1ccc(C(N)=O)n1. The van der Waals surface area contributed by atoms with Crippen molar-refractivity contribution >= 4 is 5.91 Å². The van der Waals surface area contributed by atoms with E-state index in [1.165, 1.54) is 12.3 Å². The number of nitriles is 1. The molecule has 2 aromatic rings. The van der Waals surface area contributed by atoms with Crippen LogP contribution in [0.3, 0.4) is 0 Å². The molecule has 0 fully saturated rings. The maximum atomic E-state index is 12.6. The maximum absolute atomic E-state index is 12.6. The van der Waals surface area contributed by atoms with Crippen LogP contribution < -0.4 is 5.73 Å². The highest BCUT2D eigenvalue weighted by Crippen LogP contribution is 2.31. The smallest absolute Gasteiger partial charge is 0.364 e. The highest BCUT2D eigenvalue weighted by atomic mass is 19.4. The largest absolute Gasteiger partial charge is 0.416 e. The molecular weight excluding hydrogens is 273 g/mol. The Morgan fingerprint density at radius 1 is 1.35 bits per heavy atom. The van der Waals surface area contributed by atoms with Crippen LogP contribution in [0, 0.1) is 11.3 Å². The lowest BCUT2D eigenvalue weighted by molar-refractivity contribution is -0.137. The summed E-state index contributed by atoms with van der Waals surface area (Å²) in [4.78, 5) is 10.9. The zero-order valence-electron chi connectivity index (χ0n) is 9.85. The minimum absolute atomic E-state index is 0.0474. The summed E-state index contributed by atoms with van der Waals surface area (Å²) >= 11 is 0. The lowest BCUT2D eigenvalue weighted by Crippen LogP contribution is -2.12. The number of carbonyl (C=O) groups is 1. The Bertz CT molecular complexity index is 712. The summed E-state index contributed by atoms with van der Waals surface area (Å²) in [5, 5.41) is 12.7. The lowest BCUT2D eigenvalue weighted by atomic mass is 10.1. The average Bonchev–Trinajstić information content (AvgIpc) is 2.86. The Kier molecular flexibility index (Phi) is 3.19. The molecule has 0 saturated carbocycles. The van der Waals surface area contributed by atoms with Crippen molar-refractivity contribution in [2.75, 3.05) is 0 Å². The Balaban J connectivity index is 2.52. The average molecular weight is 280 g/mol. The highest BCUT2D eigenvalue weighted by Gasteiger charge is 2.31. The van der Waals surface area contributed by atoms with Crippen LogP contribution in [0.1, 0.15) is 21.6 Å². The van der Waals surface area contributed by atoms with E-state index in [9.17, 15) is 18.0 Å². The second-order valence-electron chi connectivity index (χ2n) is 3.85. The van der Waals surface area contributed by atoms with Gasteiger partial charge in [0.15, 0.2) is 0 Å². The number of primary amides is 1. The monoisotopic (exact) mass is 280 g/mol. The molecule has 2 N–H and O–H groups in total. The van der Waals surface area contributed by atoms with Crippen molar-refractivity contribution in [2.45, 2.75) is 6.18 Å². The van der Waals surface area contributed by atoms with Crippen LogP contribution in [0.25, 0.3) is 5.69 Å². The predicted molar refractivity (Wildman–Crippen MR) is 61.8 cm³/mol. The van der Waals surface area contributed by atoms with Gasteiger partial charge in [-0.05, 0) is 24.3 Å². The summed E-state index contributed by atoms with van der Waals surface area (Å²) in [5.41, 5.74) is 3.97. The van der Waals surface area contributed by atoms with Crippen LogP contribution in [0.2, 0.25) is 0 Å². The van der Waals surface area contributed by atoms with Crippen LogP contribution in [0.4, 0.5) is 13.2 Å². The molecule has 1 amide bonds. The van der Waals surface area contributed by atoms with E-state index in [0.717, 1.165) is 22.9 Å². The number of alkyl halides is 3. The lowest BCUT2D eigenvalue weighted by Gasteiger charge is -2.09. The van der Waals surface area contributed by atoms with E-state index in [-0.39, 0.29) is 16.9 Å². The highest BCUT2D eigenvalue weighted by molar-refractivity contribution is 5.90. The van der Waals surface area contributed by atoms with E-state index >= 15 is 0 Å². The number of amides is 1. The van der Waals surface area contributed by atoms with Crippen molar-refractivity contribution in [3.05, 3.63) is 47.3 Å². The first-order valence-corrected chi connectivity index (χ1v) is 5.30. The Hall–Kier alpha value is -2.82. The molecule has 102 valence electrons. The molecule has 2 rings (SSSR count). The van der Waals surface area contributed by atoms with Gasteiger partial charge < -0.3 is 5.73 Å². The van der Waals surface area contributed by atoms with Crippen molar-refractivity contribution < 1.29 is 18.0 Å². The van der Waals surface area contributed by atoms with Gasteiger partial charge in [-0.2, -0.15) is 23.5 Å². The minimum atomic E-state index is -4.54. The number of rotatable bonds is 2. The number of carbonyl (C=O) groups excluding carboxylic acids is 1. The molecule has 0 bridgehead atoms. The van der Waals surface area contributed by atoms with E-state index in [1.54, 1.807) is 6.07 Å². The van der Waals surface area contributed by atoms with E-state index in [0.29, 0.717) is 0 Å². The number of nitrogens with two attached hydrogens (primary N) is 1. The summed E-state index contributed by atoms with van der Waals surface area (Å²) in [5.74, 6) is -0.769. The number of hydrogen-bond donors (Lipinski definition) is 1. The van der Waals surface area contributed by atoms with Gasteiger partial charge in [-0.25, -0.2) is 4.68 Å². The van der Waals surface area contributed by atoms with Crippen molar-refractivity contribution in [3.8, 4) is 11.8 Å². The molecule has 0 radical (unpaired) electrons. The van der Waals surface area contributed by atoms with Gasteiger partial charge in [0.1, 0.15) is 11.8 Å². The van der Waals surface area contributed by atoms with Crippen molar-refractivity contribution in [2.24, 2.45) is 5.73 Å². The van der Waals surface area contributed by atoms with Gasteiger partial charge in [0, 0.05) is 6.20 Å². The van der Waals surface area contributed by atoms with E-state index in [4.69, 9.17) is 11.0 Å². The molecule has 8 heteroatoms. The molecule has 0 spiro atoms. The molecule has 20 heavy (non-hydrogen) atoms.